The van der Waals surface area contributed by atoms with Gasteiger partial charge in [-0.25, -0.2) is 24.7 Å². The van der Waals surface area contributed by atoms with E-state index in [9.17, 15) is 19.2 Å². The number of nitrogens with two attached hydrogens (primary N) is 1. The molecule has 0 bridgehead atoms. The van der Waals surface area contributed by atoms with E-state index >= 15 is 0 Å². The first-order valence-electron chi connectivity index (χ1n) is 19.4. The second-order valence-corrected chi connectivity index (χ2v) is 14.5. The van der Waals surface area contributed by atoms with Gasteiger partial charge < -0.3 is 34.8 Å². The molecule has 18 heteroatoms. The molecule has 59 heavy (non-hydrogen) atoms. The van der Waals surface area contributed by atoms with Crippen molar-refractivity contribution in [1.82, 2.24) is 29.9 Å². The maximum absolute atomic E-state index is 12.8. The summed E-state index contributed by atoms with van der Waals surface area (Å²) < 4.78 is 8.62. The Morgan fingerprint density at radius 2 is 1.17 bits per heavy atom. The molecule has 17 nitrogen and oxygen atoms in total. The van der Waals surface area contributed by atoms with E-state index in [0.29, 0.717) is 36.7 Å². The summed E-state index contributed by atoms with van der Waals surface area (Å²) in [7, 11) is 6.14. The van der Waals surface area contributed by atoms with Gasteiger partial charge >= 0.3 is 11.4 Å². The maximum Gasteiger partial charge on any atom is 0.403 e. The van der Waals surface area contributed by atoms with Crippen LogP contribution in [0.15, 0.2) is 49.3 Å². The van der Waals surface area contributed by atoms with Gasteiger partial charge in [-0.1, -0.05) is 13.8 Å². The molecule has 2 atom stereocenters. The number of carbonyl (C=O) groups excluding carboxylic acids is 4. The molecule has 2 aliphatic rings. The standard InChI is InChI=1S/C21H27N5O3.C18H24N6O.C2H3ClO2/c1-6-16-21(28)25(4)17-12-23-19(24-20(17)26(16)13(2)3)15-9-10-22-11-14(15)7-8-18(27)29-5;1-5-14-18(25)23(4)15-10-21-16(22-17(15)24(14)11(2)3)13-6-7-20-9-12(13)8-19;1-5-2(3)4/h9-13,16H,6-8H2,1-5H3;6-7,9-11,14H,5,8,19H2,1-4H3;1H3/t16-;14-;/m11./s1. The fourth-order valence-corrected chi connectivity index (χ4v) is 7.01. The molecule has 0 spiro atoms. The van der Waals surface area contributed by atoms with Crippen LogP contribution >= 0.6 is 11.6 Å². The summed E-state index contributed by atoms with van der Waals surface area (Å²) in [6, 6.07) is 3.51. The summed E-state index contributed by atoms with van der Waals surface area (Å²) in [5, 5.41) is 0. The smallest absolute Gasteiger partial charge is 0.403 e. The summed E-state index contributed by atoms with van der Waals surface area (Å²) >= 11 is 4.60. The zero-order valence-corrected chi connectivity index (χ0v) is 36.1. The number of aromatic nitrogens is 6. The summed E-state index contributed by atoms with van der Waals surface area (Å²) in [6.07, 6.45) is 12.4. The van der Waals surface area contributed by atoms with Crippen molar-refractivity contribution in [3.63, 3.8) is 0 Å². The van der Waals surface area contributed by atoms with Gasteiger partial charge in [0.25, 0.3) is 0 Å². The fraction of sp³-hybridized carbons (Fsp3) is 0.463. The largest absolute Gasteiger partial charge is 0.469 e. The van der Waals surface area contributed by atoms with E-state index in [1.807, 2.05) is 26.0 Å². The molecule has 0 saturated heterocycles. The predicted molar refractivity (Wildman–Crippen MR) is 227 cm³/mol. The van der Waals surface area contributed by atoms with Crippen molar-refractivity contribution in [2.24, 2.45) is 5.73 Å². The monoisotopic (exact) mass is 831 g/mol. The second kappa shape index (κ2) is 20.7. The van der Waals surface area contributed by atoms with Crippen molar-refractivity contribution in [2.45, 2.75) is 97.9 Å². The van der Waals surface area contributed by atoms with Crippen LogP contribution in [0.1, 0.15) is 71.9 Å². The SMILES string of the molecule is CC[C@@H]1C(=O)N(C)c2cnc(-c3ccncc3CCC(=O)OC)nc2N1C(C)C.CC[C@@H]1C(=O)N(C)c2cnc(-c3ccncc3CN)nc2N1C(C)C.COC(=O)Cl. The van der Waals surface area contributed by atoms with Crippen LogP contribution in [-0.4, -0.2) is 106 Å². The highest BCUT2D eigenvalue weighted by molar-refractivity contribution is 6.61. The van der Waals surface area contributed by atoms with E-state index in [1.54, 1.807) is 61.1 Å². The molecular formula is C41H54ClN11O6. The zero-order valence-electron chi connectivity index (χ0n) is 35.3. The molecule has 6 heterocycles. The third-order valence-corrected chi connectivity index (χ3v) is 10.2. The lowest BCUT2D eigenvalue weighted by atomic mass is 10.0. The zero-order chi connectivity index (χ0) is 43.6. The van der Waals surface area contributed by atoms with Crippen molar-refractivity contribution in [3.05, 3.63) is 60.4 Å². The molecule has 0 radical (unpaired) electrons. The van der Waals surface area contributed by atoms with Crippen molar-refractivity contribution < 1.29 is 28.7 Å². The Labute approximate surface area is 350 Å². The summed E-state index contributed by atoms with van der Waals surface area (Å²) in [5.74, 6) is 2.53. The molecule has 0 saturated carbocycles. The highest BCUT2D eigenvalue weighted by atomic mass is 35.5. The van der Waals surface area contributed by atoms with Gasteiger partial charge in [-0.15, -0.1) is 0 Å². The first-order chi connectivity index (χ1) is 28.1. The number of fused-ring (bicyclic) bond motifs is 2. The van der Waals surface area contributed by atoms with Crippen LogP contribution in [0.2, 0.25) is 0 Å². The summed E-state index contributed by atoms with van der Waals surface area (Å²) in [4.78, 5) is 80.8. The topological polar surface area (TPSA) is 203 Å². The highest BCUT2D eigenvalue weighted by Crippen LogP contribution is 2.38. The van der Waals surface area contributed by atoms with E-state index in [2.05, 4.69) is 73.8 Å². The van der Waals surface area contributed by atoms with Gasteiger partial charge in [-0.05, 0) is 70.2 Å². The Hall–Kier alpha value is -5.81. The average Bonchev–Trinajstić information content (AvgIpc) is 3.24. The number of pyridine rings is 2. The third kappa shape index (κ3) is 10.3. The molecule has 2 N–H and O–H groups in total. The number of esters is 1. The number of carbonyl (C=O) groups is 4. The molecular weight excluding hydrogens is 778 g/mol. The molecule has 2 amide bonds. The first-order valence-corrected chi connectivity index (χ1v) is 19.8. The number of rotatable bonds is 10. The Balaban J connectivity index is 0.000000236. The van der Waals surface area contributed by atoms with Crippen LogP contribution in [0, 0.1) is 0 Å². The molecule has 4 aromatic rings. The van der Waals surface area contributed by atoms with Gasteiger partial charge in [0.05, 0.1) is 26.6 Å². The third-order valence-electron chi connectivity index (χ3n) is 10.00. The quantitative estimate of drug-likeness (QED) is 0.153. The van der Waals surface area contributed by atoms with Crippen LogP contribution in [0.3, 0.4) is 0 Å². The van der Waals surface area contributed by atoms with Gasteiger partial charge in [-0.3, -0.25) is 24.4 Å². The number of amides is 2. The Morgan fingerprint density at radius 1 is 0.746 bits per heavy atom. The van der Waals surface area contributed by atoms with Crippen LogP contribution in [0.5, 0.6) is 0 Å². The number of methoxy groups -OCH3 is 2. The number of hydrogen-bond donors (Lipinski definition) is 1. The van der Waals surface area contributed by atoms with E-state index in [-0.39, 0.29) is 48.4 Å². The Bertz CT molecular complexity index is 2120. The van der Waals surface area contributed by atoms with Gasteiger partial charge in [0.1, 0.15) is 23.5 Å². The number of likely N-dealkylation sites (N-methyl/N-ethyl adjacent to an activating group) is 2. The second-order valence-electron chi connectivity index (χ2n) is 14.2. The number of nitrogens with zero attached hydrogens (tertiary/aromatic N) is 10. The van der Waals surface area contributed by atoms with Crippen molar-refractivity contribution >= 4 is 57.8 Å². The number of halogens is 1. The number of anilines is 4. The van der Waals surface area contributed by atoms with Crippen LogP contribution in [0.25, 0.3) is 22.8 Å². The predicted octanol–water partition coefficient (Wildman–Crippen LogP) is 5.57. The molecule has 6 rings (SSSR count). The first kappa shape index (κ1) is 45.9. The molecule has 316 valence electrons. The van der Waals surface area contributed by atoms with E-state index in [0.717, 1.165) is 46.0 Å². The van der Waals surface area contributed by atoms with Crippen molar-refractivity contribution in [1.29, 1.82) is 0 Å². The minimum absolute atomic E-state index is 0.0488. The van der Waals surface area contributed by atoms with Crippen LogP contribution < -0.4 is 25.3 Å². The minimum Gasteiger partial charge on any atom is -0.469 e. The van der Waals surface area contributed by atoms with E-state index in [4.69, 9.17) is 20.4 Å². The molecule has 0 unspecified atom stereocenters. The Kier molecular flexibility index (Phi) is 16.1. The van der Waals surface area contributed by atoms with Gasteiger partial charge in [0.15, 0.2) is 23.3 Å². The van der Waals surface area contributed by atoms with E-state index < -0.39 is 5.43 Å². The average molecular weight is 832 g/mol. The lowest BCUT2D eigenvalue weighted by Crippen LogP contribution is -2.54. The van der Waals surface area contributed by atoms with Gasteiger partial charge in [0, 0.05) is 86.7 Å². The highest BCUT2D eigenvalue weighted by Gasteiger charge is 2.39. The summed E-state index contributed by atoms with van der Waals surface area (Å²) in [6.45, 7) is 12.7. The normalized spacial score (nSPS) is 15.8. The molecule has 0 aliphatic carbocycles. The summed E-state index contributed by atoms with van der Waals surface area (Å²) in [5.41, 5.74) is 9.95. The van der Waals surface area contributed by atoms with Crippen LogP contribution in [0.4, 0.5) is 27.8 Å². The van der Waals surface area contributed by atoms with E-state index in [1.165, 1.54) is 14.2 Å². The Morgan fingerprint density at radius 3 is 1.54 bits per heavy atom. The van der Waals surface area contributed by atoms with Gasteiger partial charge in [0.2, 0.25) is 11.8 Å². The van der Waals surface area contributed by atoms with Crippen LogP contribution in [-0.2, 0) is 36.8 Å². The minimum atomic E-state index is -0.773. The number of ether oxygens (including phenoxy) is 2. The van der Waals surface area contributed by atoms with Crippen molar-refractivity contribution in [3.8, 4) is 22.8 Å². The van der Waals surface area contributed by atoms with Crippen molar-refractivity contribution in [2.75, 3.05) is 47.9 Å². The number of aryl methyl sites for hydroxylation is 1. The molecule has 2 aliphatic heterocycles. The fourth-order valence-electron chi connectivity index (χ4n) is 7.01. The van der Waals surface area contributed by atoms with Gasteiger partial charge in [-0.2, -0.15) is 0 Å². The molecule has 4 aromatic heterocycles. The lowest BCUT2D eigenvalue weighted by Gasteiger charge is -2.42. The maximum atomic E-state index is 12.8. The lowest BCUT2D eigenvalue weighted by molar-refractivity contribution is -0.140. The molecule has 0 aromatic carbocycles. The molecule has 0 fully saturated rings. The number of hydrogen-bond acceptors (Lipinski definition) is 15.